The van der Waals surface area contributed by atoms with Gasteiger partial charge in [-0.25, -0.2) is 4.79 Å². The summed E-state index contributed by atoms with van der Waals surface area (Å²) in [7, 11) is 1.49. The smallest absolute Gasteiger partial charge is 0.345 e. The van der Waals surface area contributed by atoms with Crippen molar-refractivity contribution in [1.82, 2.24) is 78.1 Å². The van der Waals surface area contributed by atoms with Crippen LogP contribution in [0.4, 0.5) is 4.79 Å². The van der Waals surface area contributed by atoms with Crippen molar-refractivity contribution in [2.75, 3.05) is 59.5 Å². The van der Waals surface area contributed by atoms with E-state index in [0.717, 1.165) is 16.5 Å². The highest BCUT2D eigenvalue weighted by Crippen LogP contribution is 2.34. The van der Waals surface area contributed by atoms with Crippen LogP contribution in [0.25, 0.3) is 23.1 Å². The Labute approximate surface area is 668 Å². The van der Waals surface area contributed by atoms with E-state index in [1.807, 2.05) is 0 Å². The number of amides is 12. The minimum absolute atomic E-state index is 0.00699. The summed E-state index contributed by atoms with van der Waals surface area (Å²) < 4.78 is 6.47. The Kier molecular flexibility index (Phi) is 37.6. The molecule has 0 radical (unpaired) electrons. The van der Waals surface area contributed by atoms with Crippen molar-refractivity contribution in [2.24, 2.45) is 34.6 Å². The number of carboxylic acids is 1. The number of fused-ring (bicyclic) bond motifs is 1. The van der Waals surface area contributed by atoms with Crippen molar-refractivity contribution in [3.05, 3.63) is 120 Å². The number of hydrogen-bond donors (Lipinski definition) is 19. The zero-order chi connectivity index (χ0) is 84.4. The van der Waals surface area contributed by atoms with Gasteiger partial charge in [-0.1, -0.05) is 74.1 Å². The fraction of sp³-hybridized carbons (Fsp3) is 0.474. The van der Waals surface area contributed by atoms with Gasteiger partial charge in [-0.05, 0) is 151 Å². The van der Waals surface area contributed by atoms with Crippen LogP contribution in [0, 0.1) is 5.92 Å². The lowest BCUT2D eigenvalue weighted by Gasteiger charge is -2.28. The highest BCUT2D eigenvalue weighted by molar-refractivity contribution is 7.99. The third-order valence-electron chi connectivity index (χ3n) is 18.1. The minimum Gasteiger partial charge on any atom is -0.480 e. The highest BCUT2D eigenvalue weighted by atomic mass is 32.2. The van der Waals surface area contributed by atoms with E-state index in [-0.39, 0.29) is 88.5 Å². The number of carboxylic acid groups (broad SMARTS) is 1. The number of aliphatic hydroxyl groups excluding tert-OH is 2. The Bertz CT molecular complexity index is 4210. The van der Waals surface area contributed by atoms with Crippen molar-refractivity contribution in [1.29, 1.82) is 0 Å². The number of aliphatic carboxylic acids is 1. The topological polar surface area (TPSA) is 605 Å². The predicted octanol–water partition coefficient (Wildman–Crippen LogP) is -3.16. The van der Waals surface area contributed by atoms with Crippen LogP contribution in [-0.2, 0) is 68.7 Å². The maximum Gasteiger partial charge on any atom is 0.345 e. The zero-order valence-corrected chi connectivity index (χ0v) is 65.5. The Balaban J connectivity index is 1.30. The molecule has 115 heavy (non-hydrogen) atoms. The van der Waals surface area contributed by atoms with Gasteiger partial charge in [-0.15, -0.1) is 0 Å². The molecule has 0 aliphatic carbocycles. The SMILES string of the molecule is CNC(=O)c1ccccc1Sc1ccc2c(/C=C/c3ccccn3)nn(C(=O)N(CCOC(=O)CC[C@@H](N)C(=O)O)CCC(=O)N[C@@H](C(=O)N[C@@H](CCN)C(=O)N[C@H]3CCNC(=O)[C@@H]([C@H](C)O)NC(=O)[C@@H](CCN)NC(=O)[C@@H](CCN)NC(=O)[C@@H](CC(C)C)NC(=O)[C@@H](Cc4ccccc4)NC(=O)[C@@H](CCN)NC3=O)C(C)O)c2c1. The van der Waals surface area contributed by atoms with E-state index in [4.69, 9.17) is 38.5 Å². The molecular formula is C76H106N20O18S. The van der Waals surface area contributed by atoms with Crippen LogP contribution in [0.5, 0.6) is 0 Å². The molecule has 12 amide bonds. The summed E-state index contributed by atoms with van der Waals surface area (Å²) in [6.45, 7) is 3.02. The lowest BCUT2D eigenvalue weighted by molar-refractivity contribution is -0.145. The number of benzene rings is 3. The molecule has 5 aromatic rings. The first-order chi connectivity index (χ1) is 54.9. The molecule has 24 N–H and O–H groups in total. The van der Waals surface area contributed by atoms with Crippen molar-refractivity contribution < 1.29 is 87.2 Å². The Morgan fingerprint density at radius 2 is 1.27 bits per heavy atom. The average Bonchev–Trinajstić information content (AvgIpc) is 1.63. The molecule has 1 aliphatic rings. The third-order valence-corrected chi connectivity index (χ3v) is 19.2. The largest absolute Gasteiger partial charge is 0.480 e. The molecule has 3 heterocycles. The van der Waals surface area contributed by atoms with Crippen LogP contribution in [-0.4, -0.2) is 250 Å². The Hall–Kier alpha value is -11.3. The second kappa shape index (κ2) is 46.7. The lowest BCUT2D eigenvalue weighted by Crippen LogP contribution is -2.61. The standard InChI is InChI=1S/C76H106N20O18S/c1-42(2)39-57-71(107)87-52(24-30-77)66(102)86-55(27-33-80)70(106)93-63(43(3)97)73(109)84-35-28-56(69(105)85-53(25-31-78)68(104)91-58(72(108)90-57)40-45-13-7-6-8-14-45)88-67(103)54(26-32-79)89-74(110)64(44(4)98)92-61(99)29-36-95(37-38-114-62(100)23-21-50(81)75(111)112)76(113)96-59-41-47(115-60-17-10-9-16-49(60)65(101)82-5)19-20-48(59)51(94-96)22-18-46-15-11-12-34-83-46/h6-20,22,34,41-44,50,52-58,63-64,97-98H,21,23-33,35-40,77-81H2,1-5H3,(H,82,101)(H,84,109)(H,85,105)(H,86,102)(H,87,107)(H,88,103)(H,89,110)(H,90,108)(H,91,104)(H,92,99)(H,93,106)(H,111,112)/b22-18+/t43-,44?,50+,52+,53+,54-,55+,56-,57+,58+,63+,64+/m0/s1. The quantitative estimate of drug-likeness (QED) is 0.0181. The van der Waals surface area contributed by atoms with E-state index in [1.165, 1.54) is 25.7 Å². The summed E-state index contributed by atoms with van der Waals surface area (Å²) in [5.41, 5.74) is 31.4. The normalized spacial score (nSPS) is 19.6. The first-order valence-electron chi connectivity index (χ1n) is 37.6. The number of ether oxygens (including phenoxy) is 1. The number of nitrogens with zero attached hydrogens (tertiary/aromatic N) is 4. The number of carbonyl (C=O) groups excluding carboxylic acids is 13. The van der Waals surface area contributed by atoms with Gasteiger partial charge in [0.2, 0.25) is 59.1 Å². The molecule has 624 valence electrons. The number of pyridine rings is 1. The molecule has 39 heteroatoms. The van der Waals surface area contributed by atoms with Crippen LogP contribution >= 0.6 is 11.8 Å². The van der Waals surface area contributed by atoms with Gasteiger partial charge in [-0.3, -0.25) is 67.3 Å². The van der Waals surface area contributed by atoms with E-state index in [9.17, 15) is 77.6 Å². The number of aromatic nitrogens is 3. The molecule has 12 atom stereocenters. The van der Waals surface area contributed by atoms with Crippen molar-refractivity contribution in [2.45, 2.75) is 174 Å². The van der Waals surface area contributed by atoms with Crippen LogP contribution in [0.2, 0.25) is 0 Å². The van der Waals surface area contributed by atoms with E-state index in [0.29, 0.717) is 37.7 Å². The average molecular weight is 1620 g/mol. The number of hydrogen-bond acceptors (Lipinski definition) is 25. The van der Waals surface area contributed by atoms with Crippen LogP contribution < -0.4 is 87.2 Å². The van der Waals surface area contributed by atoms with Crippen molar-refractivity contribution >= 4 is 118 Å². The fourth-order valence-corrected chi connectivity index (χ4v) is 12.9. The Morgan fingerprint density at radius 3 is 1.87 bits per heavy atom. The van der Waals surface area contributed by atoms with E-state index < -0.39 is 195 Å². The van der Waals surface area contributed by atoms with Gasteiger partial charge < -0.3 is 112 Å². The first-order valence-corrected chi connectivity index (χ1v) is 38.5. The van der Waals surface area contributed by atoms with E-state index in [1.54, 1.807) is 123 Å². The van der Waals surface area contributed by atoms with Crippen LogP contribution in [0.15, 0.2) is 107 Å². The molecule has 0 bridgehead atoms. The van der Waals surface area contributed by atoms with Crippen molar-refractivity contribution in [3.8, 4) is 0 Å². The lowest BCUT2D eigenvalue weighted by atomic mass is 10.00. The fourth-order valence-electron chi connectivity index (χ4n) is 11.9. The van der Waals surface area contributed by atoms with Gasteiger partial charge in [0.25, 0.3) is 5.91 Å². The molecule has 38 nitrogen and oxygen atoms in total. The van der Waals surface area contributed by atoms with E-state index in [2.05, 4.69) is 63.5 Å². The molecule has 0 spiro atoms. The second-order valence-electron chi connectivity index (χ2n) is 27.6. The van der Waals surface area contributed by atoms with Gasteiger partial charge >= 0.3 is 18.0 Å². The molecule has 6 rings (SSSR count). The summed E-state index contributed by atoms with van der Waals surface area (Å²) in [6, 6.07) is 9.10. The van der Waals surface area contributed by atoms with Gasteiger partial charge in [0.15, 0.2) is 0 Å². The summed E-state index contributed by atoms with van der Waals surface area (Å²) in [5.74, 6) is -12.8. The number of nitrogens with one attached hydrogen (secondary N) is 11. The zero-order valence-electron chi connectivity index (χ0n) is 64.7. The molecule has 3 aromatic carbocycles. The molecule has 1 fully saturated rings. The highest BCUT2D eigenvalue weighted by Gasteiger charge is 2.38. The number of nitrogens with two attached hydrogens (primary N) is 5. The van der Waals surface area contributed by atoms with Gasteiger partial charge in [0.05, 0.1) is 41.2 Å². The van der Waals surface area contributed by atoms with Crippen LogP contribution in [0.3, 0.4) is 0 Å². The molecule has 1 unspecified atom stereocenters. The van der Waals surface area contributed by atoms with Gasteiger partial charge in [-0.2, -0.15) is 9.78 Å². The Morgan fingerprint density at radius 1 is 0.670 bits per heavy atom. The number of esters is 1. The van der Waals surface area contributed by atoms with Crippen molar-refractivity contribution in [3.63, 3.8) is 0 Å². The van der Waals surface area contributed by atoms with Gasteiger partial charge in [0, 0.05) is 60.8 Å². The molecular weight excluding hydrogens is 1510 g/mol. The maximum absolute atomic E-state index is 15.1. The number of rotatable bonds is 34. The van der Waals surface area contributed by atoms with E-state index >= 15 is 4.79 Å². The maximum atomic E-state index is 15.1. The monoisotopic (exact) mass is 1620 g/mol. The first kappa shape index (κ1) is 92.5. The molecule has 1 aliphatic heterocycles. The molecule has 2 aromatic heterocycles. The second-order valence-corrected chi connectivity index (χ2v) is 28.7. The minimum atomic E-state index is -1.86. The number of aliphatic hydroxyl groups is 2. The molecule has 1 saturated heterocycles. The summed E-state index contributed by atoms with van der Waals surface area (Å²) in [4.78, 5) is 203. The van der Waals surface area contributed by atoms with Crippen LogP contribution in [0.1, 0.15) is 113 Å². The summed E-state index contributed by atoms with van der Waals surface area (Å²) >= 11 is 1.22. The summed E-state index contributed by atoms with van der Waals surface area (Å²) in [5, 5.41) is 64.6. The molecule has 0 saturated carbocycles. The predicted molar refractivity (Wildman–Crippen MR) is 422 cm³/mol. The van der Waals surface area contributed by atoms with Gasteiger partial charge in [0.1, 0.15) is 67.0 Å². The summed E-state index contributed by atoms with van der Waals surface area (Å²) in [6.07, 6.45) is -1.53. The third kappa shape index (κ3) is 28.9. The number of carbonyl (C=O) groups is 14.